The first-order valence-electron chi connectivity index (χ1n) is 6.05. The Bertz CT molecular complexity index is 463. The van der Waals surface area contributed by atoms with Crippen LogP contribution in [0.15, 0.2) is 11.5 Å². The van der Waals surface area contributed by atoms with Crippen LogP contribution in [0, 0.1) is 0 Å². The van der Waals surface area contributed by atoms with Gasteiger partial charge in [0, 0.05) is 20.1 Å². The van der Waals surface area contributed by atoms with E-state index < -0.39 is 11.7 Å². The number of hydrogen-bond acceptors (Lipinski definition) is 6. The quantitative estimate of drug-likeness (QED) is 0.711. The van der Waals surface area contributed by atoms with E-state index in [-0.39, 0.29) is 18.2 Å². The van der Waals surface area contributed by atoms with E-state index in [1.807, 2.05) is 7.05 Å². The van der Waals surface area contributed by atoms with Crippen LogP contribution in [-0.4, -0.2) is 66.3 Å². The summed E-state index contributed by atoms with van der Waals surface area (Å²) in [6.45, 7) is 2.22. The summed E-state index contributed by atoms with van der Waals surface area (Å²) in [6.07, 6.45) is 1.06. The third-order valence-corrected chi connectivity index (χ3v) is 4.37. The first-order valence-corrected chi connectivity index (χ1v) is 7.04. The molecule has 1 saturated heterocycles. The van der Waals surface area contributed by atoms with Gasteiger partial charge >= 0.3 is 0 Å². The maximum Gasteiger partial charge on any atom is 0.233 e. The Balaban J connectivity index is 1.86. The fraction of sp³-hybridized carbons (Fsp3) is 0.727. The number of aliphatic hydroxyl groups is 2. The average Bonchev–Trinajstić information content (AvgIpc) is 2.75. The van der Waals surface area contributed by atoms with Crippen LogP contribution < -0.4 is 0 Å². The molecule has 2 rings (SSSR count). The van der Waals surface area contributed by atoms with Crippen molar-refractivity contribution in [1.29, 1.82) is 0 Å². The Morgan fingerprint density at radius 3 is 3.00 bits per heavy atom. The minimum Gasteiger partial charge on any atom is -0.388 e. The normalized spacial score (nSPS) is 27.6. The van der Waals surface area contributed by atoms with E-state index in [0.717, 1.165) is 0 Å². The number of rotatable bonds is 3. The van der Waals surface area contributed by atoms with Gasteiger partial charge in [-0.25, -0.2) is 0 Å². The minimum atomic E-state index is -1.10. The second kappa shape index (κ2) is 5.48. The Hall–Kier alpha value is -1.12. The molecule has 1 fully saturated rings. The van der Waals surface area contributed by atoms with Crippen LogP contribution in [0.25, 0.3) is 0 Å². The van der Waals surface area contributed by atoms with Gasteiger partial charge in [-0.15, -0.1) is 10.2 Å². The first-order chi connectivity index (χ1) is 8.90. The Labute approximate surface area is 115 Å². The first kappa shape index (κ1) is 14.3. The molecule has 2 heterocycles. The second-order valence-corrected chi connectivity index (χ2v) is 5.92. The van der Waals surface area contributed by atoms with Gasteiger partial charge in [0.1, 0.15) is 6.33 Å². The van der Waals surface area contributed by atoms with Crippen molar-refractivity contribution in [2.24, 2.45) is 7.05 Å². The van der Waals surface area contributed by atoms with Crippen molar-refractivity contribution in [3.8, 4) is 0 Å². The number of carbonyl (C=O) groups excluding carboxylic acids is 1. The van der Waals surface area contributed by atoms with E-state index in [0.29, 0.717) is 18.1 Å². The highest BCUT2D eigenvalue weighted by atomic mass is 32.2. The van der Waals surface area contributed by atoms with Gasteiger partial charge < -0.3 is 19.7 Å². The largest absolute Gasteiger partial charge is 0.388 e. The number of amides is 1. The van der Waals surface area contributed by atoms with Crippen molar-refractivity contribution in [2.75, 3.05) is 18.8 Å². The number of thioether (sulfide) groups is 1. The third-order valence-electron chi connectivity index (χ3n) is 3.35. The number of piperidine rings is 1. The molecule has 2 N–H and O–H groups in total. The average molecular weight is 286 g/mol. The zero-order valence-electron chi connectivity index (χ0n) is 11.0. The number of aryl methyl sites for hydroxylation is 1. The Morgan fingerprint density at radius 2 is 2.42 bits per heavy atom. The molecule has 1 amide bonds. The maximum absolute atomic E-state index is 12.0. The van der Waals surface area contributed by atoms with Crippen molar-refractivity contribution in [1.82, 2.24) is 19.7 Å². The minimum absolute atomic E-state index is 0.0671. The van der Waals surface area contributed by atoms with Crippen LogP contribution in [0.3, 0.4) is 0 Å². The summed E-state index contributed by atoms with van der Waals surface area (Å²) in [7, 11) is 1.81. The predicted molar refractivity (Wildman–Crippen MR) is 69.6 cm³/mol. The molecule has 0 aromatic carbocycles. The predicted octanol–water partition coefficient (Wildman–Crippen LogP) is -0.749. The molecule has 8 heteroatoms. The van der Waals surface area contributed by atoms with E-state index in [1.165, 1.54) is 11.8 Å². The summed E-state index contributed by atoms with van der Waals surface area (Å²) < 4.78 is 1.74. The van der Waals surface area contributed by atoms with Crippen LogP contribution in [-0.2, 0) is 11.8 Å². The molecule has 0 bridgehead atoms. The van der Waals surface area contributed by atoms with Gasteiger partial charge in [0.15, 0.2) is 5.16 Å². The van der Waals surface area contributed by atoms with Gasteiger partial charge in [0.05, 0.1) is 17.5 Å². The summed E-state index contributed by atoms with van der Waals surface area (Å²) in [5.74, 6) is 0.184. The molecular weight excluding hydrogens is 268 g/mol. The monoisotopic (exact) mass is 286 g/mol. The van der Waals surface area contributed by atoms with Crippen molar-refractivity contribution < 1.29 is 15.0 Å². The summed E-state index contributed by atoms with van der Waals surface area (Å²) in [4.78, 5) is 13.6. The zero-order valence-corrected chi connectivity index (χ0v) is 11.8. The molecule has 2 atom stereocenters. The molecule has 0 radical (unpaired) electrons. The molecule has 1 aliphatic rings. The smallest absolute Gasteiger partial charge is 0.233 e. The zero-order chi connectivity index (χ0) is 14.0. The number of likely N-dealkylation sites (tertiary alicyclic amines) is 1. The maximum atomic E-state index is 12.0. The fourth-order valence-corrected chi connectivity index (χ4v) is 2.66. The highest BCUT2D eigenvalue weighted by Gasteiger charge is 2.37. The molecule has 106 valence electrons. The second-order valence-electron chi connectivity index (χ2n) is 4.98. The number of hydrogen-bond donors (Lipinski definition) is 2. The Morgan fingerprint density at radius 1 is 1.68 bits per heavy atom. The number of aliphatic hydroxyl groups excluding tert-OH is 1. The van der Waals surface area contributed by atoms with E-state index >= 15 is 0 Å². The summed E-state index contributed by atoms with van der Waals surface area (Å²) in [5, 5.41) is 27.9. The van der Waals surface area contributed by atoms with Crippen molar-refractivity contribution in [3.05, 3.63) is 6.33 Å². The van der Waals surface area contributed by atoms with Crippen LogP contribution in [0.5, 0.6) is 0 Å². The molecule has 0 spiro atoms. The summed E-state index contributed by atoms with van der Waals surface area (Å²) in [6, 6.07) is 0. The molecule has 19 heavy (non-hydrogen) atoms. The lowest BCUT2D eigenvalue weighted by atomic mass is 9.91. The highest BCUT2D eigenvalue weighted by Crippen LogP contribution is 2.23. The van der Waals surface area contributed by atoms with E-state index in [1.54, 1.807) is 22.7 Å². The van der Waals surface area contributed by atoms with Gasteiger partial charge in [-0.3, -0.25) is 4.79 Å². The van der Waals surface area contributed by atoms with Gasteiger partial charge in [-0.1, -0.05) is 11.8 Å². The molecule has 0 aliphatic carbocycles. The van der Waals surface area contributed by atoms with Crippen molar-refractivity contribution in [3.63, 3.8) is 0 Å². The van der Waals surface area contributed by atoms with Crippen LogP contribution in [0.2, 0.25) is 0 Å². The van der Waals surface area contributed by atoms with E-state index in [4.69, 9.17) is 0 Å². The third kappa shape index (κ3) is 3.26. The molecule has 0 unspecified atom stereocenters. The lowest BCUT2D eigenvalue weighted by Crippen LogP contribution is -2.55. The van der Waals surface area contributed by atoms with Crippen LogP contribution in [0.1, 0.15) is 13.3 Å². The topological polar surface area (TPSA) is 91.5 Å². The summed E-state index contributed by atoms with van der Waals surface area (Å²) in [5.41, 5.74) is -1.10. The van der Waals surface area contributed by atoms with E-state index in [2.05, 4.69) is 10.2 Å². The standard InChI is InChI=1S/C11H18N4O3S/c1-11(18)3-4-15(5-8(11)16)9(17)6-19-10-13-12-7-14(10)2/h7-8,16,18H,3-6H2,1-2H3/t8-,11-/m0/s1. The van der Waals surface area contributed by atoms with Gasteiger partial charge in [-0.2, -0.15) is 0 Å². The number of carbonyl (C=O) groups is 1. The molecule has 1 aliphatic heterocycles. The van der Waals surface area contributed by atoms with E-state index in [9.17, 15) is 15.0 Å². The van der Waals surface area contributed by atoms with Gasteiger partial charge in [0.2, 0.25) is 5.91 Å². The van der Waals surface area contributed by atoms with Gasteiger partial charge in [0.25, 0.3) is 0 Å². The lowest BCUT2D eigenvalue weighted by Gasteiger charge is -2.39. The SMILES string of the molecule is Cn1cnnc1SCC(=O)N1CC[C@](C)(O)[C@@H](O)C1. The molecule has 0 saturated carbocycles. The fourth-order valence-electron chi connectivity index (χ4n) is 1.87. The molecule has 7 nitrogen and oxygen atoms in total. The number of nitrogens with zero attached hydrogens (tertiary/aromatic N) is 4. The number of β-amino-alcohol motifs (C(OH)–C–C–N with tert-alkyl or cyclic N) is 1. The number of aromatic nitrogens is 3. The van der Waals surface area contributed by atoms with Gasteiger partial charge in [-0.05, 0) is 13.3 Å². The highest BCUT2D eigenvalue weighted by molar-refractivity contribution is 7.99. The summed E-state index contributed by atoms with van der Waals surface area (Å²) >= 11 is 1.31. The molecule has 1 aromatic rings. The van der Waals surface area contributed by atoms with Crippen LogP contribution >= 0.6 is 11.8 Å². The van der Waals surface area contributed by atoms with Crippen molar-refractivity contribution in [2.45, 2.75) is 30.2 Å². The van der Waals surface area contributed by atoms with Crippen LogP contribution in [0.4, 0.5) is 0 Å². The molecule has 1 aromatic heterocycles. The molecular formula is C11H18N4O3S. The Kier molecular flexibility index (Phi) is 4.12. The lowest BCUT2D eigenvalue weighted by molar-refractivity contribution is -0.143. The van der Waals surface area contributed by atoms with Crippen molar-refractivity contribution >= 4 is 17.7 Å².